The molecule has 5 heteroatoms. The Hall–Kier alpha value is -1.04. The monoisotopic (exact) mass is 263 g/mol. The fraction of sp³-hybridized carbons (Fsp3) is 0.714. The first-order valence-corrected chi connectivity index (χ1v) is 7.09. The van der Waals surface area contributed by atoms with Gasteiger partial charge in [-0.3, -0.25) is 4.90 Å². The van der Waals surface area contributed by atoms with Crippen molar-refractivity contribution in [2.45, 2.75) is 25.4 Å². The minimum Gasteiger partial charge on any atom is -0.308 e. The molecule has 1 aliphatic heterocycles. The number of rotatable bonds is 5. The minimum absolute atomic E-state index is 0.300. The Labute approximate surface area is 116 Å². The first-order valence-electron chi connectivity index (χ1n) is 7.09. The third kappa shape index (κ3) is 3.72. The predicted molar refractivity (Wildman–Crippen MR) is 77.0 cm³/mol. The Morgan fingerprint density at radius 1 is 1.32 bits per heavy atom. The van der Waals surface area contributed by atoms with Gasteiger partial charge in [0.15, 0.2) is 0 Å². The van der Waals surface area contributed by atoms with Gasteiger partial charge in [-0.1, -0.05) is 6.92 Å². The fourth-order valence-corrected chi connectivity index (χ4v) is 2.65. The van der Waals surface area contributed by atoms with E-state index in [2.05, 4.69) is 46.1 Å². The second-order valence-electron chi connectivity index (χ2n) is 5.41. The van der Waals surface area contributed by atoms with Crippen molar-refractivity contribution >= 4 is 0 Å². The van der Waals surface area contributed by atoms with E-state index >= 15 is 0 Å². The highest BCUT2D eigenvalue weighted by molar-refractivity contribution is 5.13. The van der Waals surface area contributed by atoms with Gasteiger partial charge in [-0.15, -0.1) is 0 Å². The van der Waals surface area contributed by atoms with Gasteiger partial charge in [0.25, 0.3) is 0 Å². The van der Waals surface area contributed by atoms with Crippen molar-refractivity contribution in [3.05, 3.63) is 24.3 Å². The number of likely N-dealkylation sites (N-methyl/N-ethyl adjacent to an activating group) is 2. The highest BCUT2D eigenvalue weighted by Gasteiger charge is 2.30. The molecule has 0 saturated carbocycles. The van der Waals surface area contributed by atoms with E-state index in [0.717, 1.165) is 32.6 Å². The lowest BCUT2D eigenvalue weighted by atomic mass is 9.98. The predicted octanol–water partition coefficient (Wildman–Crippen LogP) is 0.763. The normalized spacial score (nSPS) is 23.4. The molecule has 0 radical (unpaired) electrons. The highest BCUT2D eigenvalue weighted by atomic mass is 15.3. The molecular weight excluding hydrogens is 238 g/mol. The number of nitrogens with one attached hydrogen (secondary N) is 1. The van der Waals surface area contributed by atoms with Crippen molar-refractivity contribution in [2.75, 3.05) is 40.3 Å². The van der Waals surface area contributed by atoms with Crippen molar-refractivity contribution in [1.29, 1.82) is 0 Å². The highest BCUT2D eigenvalue weighted by Crippen LogP contribution is 2.22. The summed E-state index contributed by atoms with van der Waals surface area (Å²) in [5.74, 6) is 0. The van der Waals surface area contributed by atoms with Crippen LogP contribution in [0.4, 0.5) is 0 Å². The maximum atomic E-state index is 4.17. The molecule has 0 amide bonds. The van der Waals surface area contributed by atoms with Crippen molar-refractivity contribution in [3.8, 4) is 0 Å². The summed E-state index contributed by atoms with van der Waals surface area (Å²) in [6.07, 6.45) is 6.60. The lowest BCUT2D eigenvalue weighted by Gasteiger charge is -2.42. The lowest BCUT2D eigenvalue weighted by molar-refractivity contribution is 0.0874. The van der Waals surface area contributed by atoms with E-state index in [1.807, 2.05) is 12.4 Å². The van der Waals surface area contributed by atoms with E-state index in [-0.39, 0.29) is 0 Å². The summed E-state index contributed by atoms with van der Waals surface area (Å²) in [6.45, 7) is 6.54. The summed E-state index contributed by atoms with van der Waals surface area (Å²) in [5, 5.41) is 3.66. The third-order valence-electron chi connectivity index (χ3n) is 3.84. The van der Waals surface area contributed by atoms with E-state index < -0.39 is 0 Å². The number of aromatic nitrogens is 2. The van der Waals surface area contributed by atoms with Crippen LogP contribution in [0.15, 0.2) is 18.7 Å². The van der Waals surface area contributed by atoms with Crippen LogP contribution in [-0.4, -0.2) is 66.1 Å². The lowest BCUT2D eigenvalue weighted by Crippen LogP contribution is -2.55. The molecule has 2 unspecified atom stereocenters. The van der Waals surface area contributed by atoms with Gasteiger partial charge in [0.2, 0.25) is 0 Å². The summed E-state index contributed by atoms with van der Waals surface area (Å²) in [5.41, 5.74) is 1.18. The van der Waals surface area contributed by atoms with Crippen molar-refractivity contribution in [2.24, 2.45) is 0 Å². The summed E-state index contributed by atoms with van der Waals surface area (Å²) >= 11 is 0. The molecule has 1 N–H and O–H groups in total. The molecule has 0 bridgehead atoms. The van der Waals surface area contributed by atoms with Crippen LogP contribution in [0.3, 0.4) is 0 Å². The van der Waals surface area contributed by atoms with Gasteiger partial charge in [-0.05, 0) is 27.1 Å². The van der Waals surface area contributed by atoms with Crippen LogP contribution in [0.5, 0.6) is 0 Å². The van der Waals surface area contributed by atoms with Crippen LogP contribution in [-0.2, 0) is 0 Å². The zero-order valence-corrected chi connectivity index (χ0v) is 12.2. The van der Waals surface area contributed by atoms with Gasteiger partial charge < -0.3 is 10.2 Å². The average Bonchev–Trinajstić information content (AvgIpc) is 2.44. The number of hydrogen-bond acceptors (Lipinski definition) is 5. The Bertz CT molecular complexity index is 369. The van der Waals surface area contributed by atoms with E-state index in [0.29, 0.717) is 12.1 Å². The molecule has 0 aliphatic carbocycles. The van der Waals surface area contributed by atoms with Crippen LogP contribution < -0.4 is 5.32 Å². The molecule has 1 saturated heterocycles. The van der Waals surface area contributed by atoms with E-state index in [4.69, 9.17) is 0 Å². The van der Waals surface area contributed by atoms with Crippen LogP contribution >= 0.6 is 0 Å². The van der Waals surface area contributed by atoms with Gasteiger partial charge in [-0.25, -0.2) is 9.97 Å². The maximum absolute atomic E-state index is 4.17. The molecule has 2 heterocycles. The van der Waals surface area contributed by atoms with E-state index in [9.17, 15) is 0 Å². The standard InChI is InChI=1S/C14H25N5/c1-4-5-17-14(12-8-15-11-16-9-12)13-10-18(2)6-7-19(13)3/h8-9,11,13-14,17H,4-7,10H2,1-3H3. The number of hydrogen-bond donors (Lipinski definition) is 1. The summed E-state index contributed by atoms with van der Waals surface area (Å²) < 4.78 is 0. The fourth-order valence-electron chi connectivity index (χ4n) is 2.65. The molecule has 1 aromatic rings. The largest absolute Gasteiger partial charge is 0.308 e. The molecule has 1 aromatic heterocycles. The number of piperazine rings is 1. The Morgan fingerprint density at radius 3 is 2.74 bits per heavy atom. The second-order valence-corrected chi connectivity index (χ2v) is 5.41. The zero-order chi connectivity index (χ0) is 13.7. The Kier molecular flexibility index (Phi) is 5.24. The summed E-state index contributed by atoms with van der Waals surface area (Å²) in [6, 6.07) is 0.769. The second kappa shape index (κ2) is 6.93. The number of nitrogens with zero attached hydrogens (tertiary/aromatic N) is 4. The van der Waals surface area contributed by atoms with Crippen LogP contribution in [0, 0.1) is 0 Å². The SMILES string of the molecule is CCCNC(c1cncnc1)C1CN(C)CCN1C. The third-order valence-corrected chi connectivity index (χ3v) is 3.84. The van der Waals surface area contributed by atoms with Crippen LogP contribution in [0.2, 0.25) is 0 Å². The van der Waals surface area contributed by atoms with Gasteiger partial charge in [-0.2, -0.15) is 0 Å². The topological polar surface area (TPSA) is 44.3 Å². The molecule has 0 spiro atoms. The first kappa shape index (κ1) is 14.4. The van der Waals surface area contributed by atoms with Crippen molar-refractivity contribution in [3.63, 3.8) is 0 Å². The molecule has 0 aromatic carbocycles. The quantitative estimate of drug-likeness (QED) is 0.850. The summed E-state index contributed by atoms with van der Waals surface area (Å²) in [4.78, 5) is 13.2. The molecule has 19 heavy (non-hydrogen) atoms. The van der Waals surface area contributed by atoms with E-state index in [1.165, 1.54) is 5.56 Å². The molecule has 1 fully saturated rings. The minimum atomic E-state index is 0.300. The molecule has 2 rings (SSSR count). The van der Waals surface area contributed by atoms with Gasteiger partial charge in [0.05, 0.1) is 6.04 Å². The van der Waals surface area contributed by atoms with Crippen LogP contribution in [0.25, 0.3) is 0 Å². The molecule has 2 atom stereocenters. The smallest absolute Gasteiger partial charge is 0.115 e. The van der Waals surface area contributed by atoms with Crippen molar-refractivity contribution < 1.29 is 0 Å². The molecule has 5 nitrogen and oxygen atoms in total. The van der Waals surface area contributed by atoms with Crippen LogP contribution in [0.1, 0.15) is 24.9 Å². The summed E-state index contributed by atoms with van der Waals surface area (Å²) in [7, 11) is 4.40. The van der Waals surface area contributed by atoms with Gasteiger partial charge in [0, 0.05) is 43.6 Å². The van der Waals surface area contributed by atoms with Gasteiger partial charge in [0.1, 0.15) is 6.33 Å². The maximum Gasteiger partial charge on any atom is 0.115 e. The zero-order valence-electron chi connectivity index (χ0n) is 12.2. The van der Waals surface area contributed by atoms with Crippen molar-refractivity contribution in [1.82, 2.24) is 25.1 Å². The molecule has 106 valence electrons. The Balaban J connectivity index is 2.16. The molecular formula is C14H25N5. The average molecular weight is 263 g/mol. The van der Waals surface area contributed by atoms with E-state index in [1.54, 1.807) is 6.33 Å². The van der Waals surface area contributed by atoms with Gasteiger partial charge >= 0.3 is 0 Å². The Morgan fingerprint density at radius 2 is 2.05 bits per heavy atom. The molecule has 1 aliphatic rings. The first-order chi connectivity index (χ1) is 9.22.